The number of carbonyl (C=O) groups is 1. The largest absolute Gasteiger partial charge is 0.488 e. The molecule has 2 saturated heterocycles. The molecule has 3 fully saturated rings. The molecule has 4 aliphatic rings. The van der Waals surface area contributed by atoms with Gasteiger partial charge in [-0.2, -0.15) is 0 Å². The van der Waals surface area contributed by atoms with E-state index in [1.165, 1.54) is 11.1 Å². The molecule has 0 bridgehead atoms. The Hall–Kier alpha value is -3.46. The van der Waals surface area contributed by atoms with Crippen LogP contribution in [-0.2, 0) is 33.8 Å². The van der Waals surface area contributed by atoms with Crippen molar-refractivity contribution in [3.05, 3.63) is 76.9 Å². The molecule has 0 amide bonds. The summed E-state index contributed by atoms with van der Waals surface area (Å²) >= 11 is 0. The number of carboxylic acids is 1. The van der Waals surface area contributed by atoms with Gasteiger partial charge in [-0.15, -0.1) is 0 Å². The molecule has 4 heterocycles. The SMILES string of the molecule is COC[C@H]1N(c2cccc(-c3cccc(C)c3OCc3ccc4c(c3)CCN(C3COC3)C4)n2)C[C@@H]2C[C@@]21C(=O)O. The molecule has 0 radical (unpaired) electrons. The fraction of sp³-hybridized carbons (Fsp3) is 0.455. The Morgan fingerprint density at radius 3 is 2.78 bits per heavy atom. The number of aryl methyl sites for hydroxylation is 1. The molecule has 41 heavy (non-hydrogen) atoms. The van der Waals surface area contributed by atoms with Crippen molar-refractivity contribution in [2.24, 2.45) is 11.3 Å². The van der Waals surface area contributed by atoms with Crippen molar-refractivity contribution >= 4 is 11.8 Å². The van der Waals surface area contributed by atoms with E-state index in [-0.39, 0.29) is 12.0 Å². The highest BCUT2D eigenvalue weighted by Gasteiger charge is 2.71. The van der Waals surface area contributed by atoms with Gasteiger partial charge in [0.25, 0.3) is 0 Å². The fourth-order valence-electron chi connectivity index (χ4n) is 7.08. The van der Waals surface area contributed by atoms with Gasteiger partial charge in [-0.05, 0) is 66.1 Å². The molecular weight excluding hydrogens is 518 g/mol. The molecule has 7 rings (SSSR count). The van der Waals surface area contributed by atoms with Crippen molar-refractivity contribution in [1.29, 1.82) is 0 Å². The van der Waals surface area contributed by atoms with Gasteiger partial charge in [0.1, 0.15) is 18.2 Å². The topological polar surface area (TPSA) is 84.4 Å². The normalized spacial score (nSPS) is 25.4. The van der Waals surface area contributed by atoms with Gasteiger partial charge in [-0.25, -0.2) is 4.98 Å². The lowest BCUT2D eigenvalue weighted by molar-refractivity contribution is -0.144. The first-order chi connectivity index (χ1) is 20.0. The highest BCUT2D eigenvalue weighted by Crippen LogP contribution is 2.62. The van der Waals surface area contributed by atoms with E-state index in [1.807, 2.05) is 30.3 Å². The van der Waals surface area contributed by atoms with E-state index in [1.54, 1.807) is 7.11 Å². The number of aromatic nitrogens is 1. The molecule has 214 valence electrons. The van der Waals surface area contributed by atoms with E-state index in [0.29, 0.717) is 32.2 Å². The van der Waals surface area contributed by atoms with Gasteiger partial charge in [0.2, 0.25) is 0 Å². The number of fused-ring (bicyclic) bond motifs is 2. The number of benzene rings is 2. The van der Waals surface area contributed by atoms with Crippen LogP contribution in [0.4, 0.5) is 5.82 Å². The summed E-state index contributed by atoms with van der Waals surface area (Å²) in [5, 5.41) is 10.0. The molecular formula is C33H37N3O5. The third kappa shape index (κ3) is 4.58. The summed E-state index contributed by atoms with van der Waals surface area (Å²) in [5.74, 6) is 1.01. The number of hydrogen-bond acceptors (Lipinski definition) is 7. The van der Waals surface area contributed by atoms with Crippen molar-refractivity contribution in [1.82, 2.24) is 9.88 Å². The van der Waals surface area contributed by atoms with E-state index in [2.05, 4.69) is 41.0 Å². The summed E-state index contributed by atoms with van der Waals surface area (Å²) in [4.78, 5) is 21.9. The lowest BCUT2D eigenvalue weighted by Gasteiger charge is -2.40. The maximum absolute atomic E-state index is 12.2. The zero-order valence-electron chi connectivity index (χ0n) is 23.7. The second-order valence-corrected chi connectivity index (χ2v) is 12.0. The van der Waals surface area contributed by atoms with E-state index in [0.717, 1.165) is 66.7 Å². The van der Waals surface area contributed by atoms with Gasteiger partial charge in [-0.1, -0.05) is 36.4 Å². The predicted molar refractivity (Wildman–Crippen MR) is 155 cm³/mol. The molecule has 1 aliphatic carbocycles. The number of carboxylic acid groups (broad SMARTS) is 1. The quantitative estimate of drug-likeness (QED) is 0.418. The van der Waals surface area contributed by atoms with Gasteiger partial charge < -0.3 is 24.2 Å². The standard InChI is InChI=1S/C33H37N3O5/c1-21-5-3-6-27(28-7-4-8-30(34-28)36-16-25-14-33(25,32(37)38)29(36)20-39-2)31(21)41-17-22-9-10-24-15-35(26-18-40-19-26)12-11-23(24)13-22/h3-10,13,25-26,29H,11-12,14-20H2,1-2H3,(H,37,38)/t25-,29+,33+/m0/s1. The minimum atomic E-state index is -0.732. The number of hydrogen-bond donors (Lipinski definition) is 1. The summed E-state index contributed by atoms with van der Waals surface area (Å²) in [7, 11) is 1.63. The molecule has 1 saturated carbocycles. The number of pyridine rings is 1. The van der Waals surface area contributed by atoms with Crippen LogP contribution >= 0.6 is 0 Å². The second-order valence-electron chi connectivity index (χ2n) is 12.0. The Morgan fingerprint density at radius 1 is 1.15 bits per heavy atom. The first-order valence-corrected chi connectivity index (χ1v) is 14.6. The van der Waals surface area contributed by atoms with Gasteiger partial charge in [0, 0.05) is 32.3 Å². The number of ether oxygens (including phenoxy) is 3. The average Bonchev–Trinajstić information content (AvgIpc) is 3.60. The molecule has 1 aromatic heterocycles. The molecule has 3 aromatic rings. The van der Waals surface area contributed by atoms with Crippen LogP contribution in [0.2, 0.25) is 0 Å². The van der Waals surface area contributed by atoms with Gasteiger partial charge in [-0.3, -0.25) is 9.69 Å². The van der Waals surface area contributed by atoms with E-state index < -0.39 is 11.4 Å². The Bertz CT molecular complexity index is 1470. The Morgan fingerprint density at radius 2 is 2.00 bits per heavy atom. The van der Waals surface area contributed by atoms with Crippen LogP contribution in [0.25, 0.3) is 11.3 Å². The molecule has 0 spiro atoms. The van der Waals surface area contributed by atoms with Crippen LogP contribution < -0.4 is 9.64 Å². The minimum Gasteiger partial charge on any atom is -0.488 e. The van der Waals surface area contributed by atoms with Crippen LogP contribution in [0.1, 0.15) is 28.7 Å². The number of piperidine rings is 1. The summed E-state index contributed by atoms with van der Waals surface area (Å²) < 4.78 is 17.4. The first kappa shape index (κ1) is 26.4. The molecule has 1 N–H and O–H groups in total. The van der Waals surface area contributed by atoms with Crippen molar-refractivity contribution in [2.45, 2.75) is 45.0 Å². The highest BCUT2D eigenvalue weighted by molar-refractivity contribution is 5.82. The van der Waals surface area contributed by atoms with E-state index in [9.17, 15) is 9.90 Å². The maximum atomic E-state index is 12.2. The lowest BCUT2D eigenvalue weighted by Crippen LogP contribution is -2.50. The average molecular weight is 556 g/mol. The summed E-state index contributed by atoms with van der Waals surface area (Å²) in [6.07, 6.45) is 1.76. The minimum absolute atomic E-state index is 0.135. The van der Waals surface area contributed by atoms with Crippen LogP contribution in [0, 0.1) is 18.3 Å². The van der Waals surface area contributed by atoms with Gasteiger partial charge in [0.05, 0.1) is 43.0 Å². The first-order valence-electron chi connectivity index (χ1n) is 14.6. The summed E-state index contributed by atoms with van der Waals surface area (Å²) in [6, 6.07) is 19.2. The predicted octanol–water partition coefficient (Wildman–Crippen LogP) is 4.32. The monoisotopic (exact) mass is 555 g/mol. The molecule has 8 nitrogen and oxygen atoms in total. The van der Waals surface area contributed by atoms with Crippen molar-refractivity contribution in [3.63, 3.8) is 0 Å². The van der Waals surface area contributed by atoms with E-state index in [4.69, 9.17) is 19.2 Å². The number of para-hydroxylation sites is 1. The van der Waals surface area contributed by atoms with Crippen LogP contribution in [0.5, 0.6) is 5.75 Å². The Kier molecular flexibility index (Phi) is 6.72. The smallest absolute Gasteiger partial charge is 0.312 e. The van der Waals surface area contributed by atoms with Crippen LogP contribution in [0.3, 0.4) is 0 Å². The number of rotatable bonds is 9. The zero-order chi connectivity index (χ0) is 28.1. The number of anilines is 1. The van der Waals surface area contributed by atoms with Gasteiger partial charge in [0.15, 0.2) is 0 Å². The molecule has 3 atom stereocenters. The van der Waals surface area contributed by atoms with Crippen molar-refractivity contribution in [2.75, 3.05) is 44.9 Å². The number of methoxy groups -OCH3 is 1. The van der Waals surface area contributed by atoms with Crippen molar-refractivity contribution < 1.29 is 24.1 Å². The van der Waals surface area contributed by atoms with Gasteiger partial charge >= 0.3 is 5.97 Å². The van der Waals surface area contributed by atoms with Crippen LogP contribution in [0.15, 0.2) is 54.6 Å². The number of nitrogens with zero attached hydrogens (tertiary/aromatic N) is 3. The lowest BCUT2D eigenvalue weighted by atomic mass is 9.96. The Labute approximate surface area is 240 Å². The highest BCUT2D eigenvalue weighted by atomic mass is 16.5. The maximum Gasteiger partial charge on any atom is 0.312 e. The molecule has 2 aromatic carbocycles. The van der Waals surface area contributed by atoms with E-state index >= 15 is 0 Å². The third-order valence-corrected chi connectivity index (χ3v) is 9.61. The zero-order valence-corrected chi connectivity index (χ0v) is 23.7. The molecule has 3 aliphatic heterocycles. The molecule has 8 heteroatoms. The summed E-state index contributed by atoms with van der Waals surface area (Å²) in [5.41, 5.74) is 6.05. The molecule has 0 unspecified atom stereocenters. The van der Waals surface area contributed by atoms with Crippen LogP contribution in [-0.4, -0.2) is 73.1 Å². The van der Waals surface area contributed by atoms with Crippen molar-refractivity contribution in [3.8, 4) is 17.0 Å². The summed E-state index contributed by atoms with van der Waals surface area (Å²) in [6.45, 7) is 7.36. The number of aliphatic carboxylic acids is 1. The second kappa shape index (κ2) is 10.4. The fourth-order valence-corrected chi connectivity index (χ4v) is 7.08. The third-order valence-electron chi connectivity index (χ3n) is 9.61. The Balaban J connectivity index is 1.11.